The van der Waals surface area contributed by atoms with E-state index in [1.807, 2.05) is 0 Å². The van der Waals surface area contributed by atoms with E-state index in [1.54, 1.807) is 35.8 Å². The van der Waals surface area contributed by atoms with Gasteiger partial charge in [-0.05, 0) is 0 Å². The van der Waals surface area contributed by atoms with Gasteiger partial charge in [-0.25, -0.2) is 0 Å². The van der Waals surface area contributed by atoms with E-state index in [-0.39, 0.29) is 35.6 Å². The second kappa shape index (κ2) is 8.95. The Balaban J connectivity index is 0.00000196. The smallest absolute Gasteiger partial charge is 1.00 e. The molecular formula is C25H33Cl2Zr. The van der Waals surface area contributed by atoms with Crippen molar-refractivity contribution in [3.63, 3.8) is 0 Å². The molecule has 0 saturated heterocycles. The van der Waals surface area contributed by atoms with Crippen LogP contribution in [-0.2, 0) is 48.4 Å². The summed E-state index contributed by atoms with van der Waals surface area (Å²) in [5, 5.41) is 0. The Hall–Kier alpha value is -0.0969. The molecule has 3 heteroatoms. The number of halogens is 2. The Kier molecular flexibility index (Phi) is 8.29. The van der Waals surface area contributed by atoms with Crippen molar-refractivity contribution in [2.75, 3.05) is 0 Å². The largest absolute Gasteiger partial charge is 1.00 e. The first-order valence-electron chi connectivity index (χ1n) is 10.0. The van der Waals surface area contributed by atoms with Gasteiger partial charge >= 0.3 is 176 Å². The van der Waals surface area contributed by atoms with Crippen LogP contribution in [0.1, 0.15) is 92.4 Å². The van der Waals surface area contributed by atoms with Crippen LogP contribution in [0.25, 0.3) is 11.1 Å². The van der Waals surface area contributed by atoms with Crippen molar-refractivity contribution < 1.29 is 49.5 Å². The Bertz CT molecular complexity index is 783. The van der Waals surface area contributed by atoms with Crippen LogP contribution in [0.15, 0.2) is 24.3 Å². The second-order valence-electron chi connectivity index (χ2n) is 9.83. The van der Waals surface area contributed by atoms with Crippen molar-refractivity contribution in [3.8, 4) is 11.1 Å². The van der Waals surface area contributed by atoms with Crippen molar-refractivity contribution in [2.45, 2.75) is 82.7 Å². The summed E-state index contributed by atoms with van der Waals surface area (Å²) in [6.07, 6.45) is 2.24. The number of hydrogen-bond donors (Lipinski definition) is 0. The molecule has 0 radical (unpaired) electrons. The summed E-state index contributed by atoms with van der Waals surface area (Å²) < 4.78 is 0.589. The van der Waals surface area contributed by atoms with Crippen molar-refractivity contribution in [2.24, 2.45) is 0 Å². The zero-order valence-electron chi connectivity index (χ0n) is 18.6. The molecule has 3 rings (SSSR count). The van der Waals surface area contributed by atoms with Crippen molar-refractivity contribution >= 4 is 0 Å². The van der Waals surface area contributed by atoms with E-state index in [9.17, 15) is 0 Å². The zero-order chi connectivity index (χ0) is 19.4. The predicted octanol–water partition coefficient (Wildman–Crippen LogP) is 1.03. The molecule has 0 saturated carbocycles. The summed E-state index contributed by atoms with van der Waals surface area (Å²) in [5.41, 5.74) is 12.6. The molecule has 0 fully saturated rings. The van der Waals surface area contributed by atoms with E-state index >= 15 is 0 Å². The van der Waals surface area contributed by atoms with E-state index in [2.05, 4.69) is 79.7 Å². The van der Waals surface area contributed by atoms with Crippen LogP contribution in [0.5, 0.6) is 0 Å². The van der Waals surface area contributed by atoms with Gasteiger partial charge in [0.1, 0.15) is 0 Å². The van der Waals surface area contributed by atoms with E-state index in [0.29, 0.717) is 3.63 Å². The van der Waals surface area contributed by atoms with Crippen molar-refractivity contribution in [1.29, 1.82) is 0 Å². The number of hydrogen-bond acceptors (Lipinski definition) is 0. The van der Waals surface area contributed by atoms with Crippen LogP contribution in [0.3, 0.4) is 0 Å². The molecule has 28 heavy (non-hydrogen) atoms. The minimum atomic E-state index is 0. The molecule has 1 aliphatic carbocycles. The predicted molar refractivity (Wildman–Crippen MR) is 110 cm³/mol. The van der Waals surface area contributed by atoms with Crippen molar-refractivity contribution in [3.05, 3.63) is 57.6 Å². The van der Waals surface area contributed by atoms with Gasteiger partial charge in [0.05, 0.1) is 0 Å². The molecule has 0 bridgehead atoms. The minimum absolute atomic E-state index is 0. The van der Waals surface area contributed by atoms with Gasteiger partial charge < -0.3 is 24.8 Å². The molecule has 0 nitrogen and oxygen atoms in total. The molecular weight excluding hydrogens is 462 g/mol. The first-order chi connectivity index (χ1) is 12.0. The van der Waals surface area contributed by atoms with Crippen LogP contribution >= 0.6 is 0 Å². The molecule has 2 aromatic rings. The minimum Gasteiger partial charge on any atom is -1.00 e. The molecule has 0 spiro atoms. The Labute approximate surface area is 200 Å². The second-order valence-corrected chi connectivity index (χ2v) is 11.3. The Morgan fingerprint density at radius 1 is 0.679 bits per heavy atom. The number of aryl methyl sites for hydroxylation is 2. The maximum absolute atomic E-state index is 2.53. The third-order valence-electron chi connectivity index (χ3n) is 5.84. The van der Waals surface area contributed by atoms with Gasteiger partial charge in [0.25, 0.3) is 0 Å². The molecule has 0 aromatic heterocycles. The van der Waals surface area contributed by atoms with Gasteiger partial charge in [-0.1, -0.05) is 0 Å². The van der Waals surface area contributed by atoms with Gasteiger partial charge in [0, 0.05) is 0 Å². The molecule has 0 N–H and O–H groups in total. The molecule has 1 aliphatic rings. The van der Waals surface area contributed by atoms with Gasteiger partial charge in [-0.15, -0.1) is 0 Å². The molecule has 151 valence electrons. The van der Waals surface area contributed by atoms with E-state index in [4.69, 9.17) is 0 Å². The maximum Gasteiger partial charge on any atom is -1.00 e. The van der Waals surface area contributed by atoms with Crippen LogP contribution in [0.4, 0.5) is 0 Å². The van der Waals surface area contributed by atoms with E-state index in [0.717, 1.165) is 12.8 Å². The summed E-state index contributed by atoms with van der Waals surface area (Å²) in [7, 11) is 0. The summed E-state index contributed by atoms with van der Waals surface area (Å²) in [5.74, 6) is 0. The van der Waals surface area contributed by atoms with Crippen LogP contribution < -0.4 is 24.8 Å². The number of rotatable bonds is 2. The summed E-state index contributed by atoms with van der Waals surface area (Å²) >= 11 is 1.61. The van der Waals surface area contributed by atoms with Gasteiger partial charge in [0.15, 0.2) is 0 Å². The van der Waals surface area contributed by atoms with Crippen molar-refractivity contribution in [1.82, 2.24) is 0 Å². The van der Waals surface area contributed by atoms with Gasteiger partial charge in [-0.2, -0.15) is 0 Å². The normalized spacial score (nSPS) is 13.5. The molecule has 0 heterocycles. The van der Waals surface area contributed by atoms with E-state index in [1.165, 1.54) is 33.4 Å². The van der Waals surface area contributed by atoms with Crippen LogP contribution in [0.2, 0.25) is 0 Å². The fraction of sp³-hybridized carbons (Fsp3) is 0.520. The third-order valence-corrected chi connectivity index (χ3v) is 7.37. The monoisotopic (exact) mass is 493 g/mol. The molecule has 0 atom stereocenters. The molecule has 2 aromatic carbocycles. The molecule has 0 unspecified atom stereocenters. The maximum atomic E-state index is 2.53. The molecule has 0 aliphatic heterocycles. The zero-order valence-corrected chi connectivity index (χ0v) is 22.5. The fourth-order valence-electron chi connectivity index (χ4n) is 4.42. The first kappa shape index (κ1) is 25.9. The third kappa shape index (κ3) is 4.48. The number of benzene rings is 2. The van der Waals surface area contributed by atoms with Crippen LogP contribution in [-0.4, -0.2) is 0 Å². The Morgan fingerprint density at radius 3 is 1.25 bits per heavy atom. The molecule has 0 amide bonds. The SMILES string of the molecule is CCc1cc2c(cc1C(C)(C)C)-c1cc(C(C)(C)C)c(CC)cc1[CH]2[Zr+2].[Cl-].[Cl-]. The topological polar surface area (TPSA) is 0 Å². The average molecular weight is 496 g/mol. The first-order valence-corrected chi connectivity index (χ1v) is 11.5. The summed E-state index contributed by atoms with van der Waals surface area (Å²) in [4.78, 5) is 0. The Morgan fingerprint density at radius 2 is 1.00 bits per heavy atom. The van der Waals surface area contributed by atoms with Crippen LogP contribution in [0, 0.1) is 0 Å². The standard InChI is InChI=1S/C25H33.2ClH.Zr/c1-9-16-11-18-13-19-12-17(10-2)23(25(6,7)8)15-21(19)20(18)14-22(16)24(3,4)5;;;/h11-15H,9-10H2,1-8H3;2*1H;/q;;;+2/p-2. The quantitative estimate of drug-likeness (QED) is 0.584. The fourth-order valence-corrected chi connectivity index (χ4v) is 5.59. The summed E-state index contributed by atoms with van der Waals surface area (Å²) in [6.45, 7) is 18.7. The van der Waals surface area contributed by atoms with E-state index < -0.39 is 0 Å². The van der Waals surface area contributed by atoms with Gasteiger partial charge in [-0.3, -0.25) is 0 Å². The summed E-state index contributed by atoms with van der Waals surface area (Å²) in [6, 6.07) is 10.1. The van der Waals surface area contributed by atoms with Gasteiger partial charge in [0.2, 0.25) is 0 Å². The number of fused-ring (bicyclic) bond motifs is 3. The average Bonchev–Trinajstić information content (AvgIpc) is 2.82.